The lowest BCUT2D eigenvalue weighted by atomic mass is 10.1. The molecule has 34 heavy (non-hydrogen) atoms. The van der Waals surface area contributed by atoms with Crippen molar-refractivity contribution in [3.8, 4) is 17.3 Å². The van der Waals surface area contributed by atoms with Crippen molar-refractivity contribution in [2.45, 2.75) is 6.18 Å². The minimum Gasteiger partial charge on any atom is -0.398 e. The molecule has 3 heterocycles. The van der Waals surface area contributed by atoms with Gasteiger partial charge in [-0.1, -0.05) is 23.2 Å². The molecule has 3 aromatic heterocycles. The number of nitrogen functional groups attached to an aromatic ring is 1. The maximum atomic E-state index is 13.3. The Kier molecular flexibility index (Phi) is 6.37. The Bertz CT molecular complexity index is 1410. The van der Waals surface area contributed by atoms with Gasteiger partial charge in [0.05, 0.1) is 22.0 Å². The minimum atomic E-state index is -4.62. The number of nitriles is 1. The molecule has 0 unspecified atom stereocenters. The summed E-state index contributed by atoms with van der Waals surface area (Å²) < 4.78 is 41.0. The largest absolute Gasteiger partial charge is 0.434 e. The van der Waals surface area contributed by atoms with Crippen molar-refractivity contribution < 1.29 is 13.2 Å². The first-order valence-corrected chi connectivity index (χ1v) is 10.5. The van der Waals surface area contributed by atoms with Gasteiger partial charge in [0.2, 0.25) is 5.95 Å². The van der Waals surface area contributed by atoms with Gasteiger partial charge < -0.3 is 16.4 Å². The number of nitrogens with zero attached hydrogens (tertiary/aromatic N) is 5. The number of halogens is 5. The molecule has 4 rings (SSSR count). The number of pyridine rings is 1. The zero-order chi connectivity index (χ0) is 24.5. The molecule has 1 aromatic carbocycles. The van der Waals surface area contributed by atoms with Gasteiger partial charge in [0.15, 0.2) is 5.69 Å². The molecule has 8 nitrogen and oxygen atoms in total. The van der Waals surface area contributed by atoms with Gasteiger partial charge in [0.25, 0.3) is 0 Å². The number of anilines is 3. The second-order valence-electron chi connectivity index (χ2n) is 7.06. The van der Waals surface area contributed by atoms with Crippen LogP contribution in [0.1, 0.15) is 11.3 Å². The summed E-state index contributed by atoms with van der Waals surface area (Å²) in [5.41, 5.74) is 6.12. The lowest BCUT2D eigenvalue weighted by Gasteiger charge is -2.12. The van der Waals surface area contributed by atoms with Crippen LogP contribution in [-0.4, -0.2) is 32.4 Å². The highest BCUT2D eigenvalue weighted by Crippen LogP contribution is 2.33. The molecule has 13 heteroatoms. The molecule has 4 N–H and O–H groups in total. The molecule has 0 amide bonds. The molecule has 0 aliphatic rings. The Balaban J connectivity index is 1.61. The number of imidazole rings is 1. The number of rotatable bonds is 6. The van der Waals surface area contributed by atoms with Crippen molar-refractivity contribution in [2.24, 2.45) is 0 Å². The van der Waals surface area contributed by atoms with Crippen LogP contribution in [0.2, 0.25) is 10.0 Å². The van der Waals surface area contributed by atoms with E-state index in [-0.39, 0.29) is 29.4 Å². The minimum absolute atomic E-state index is 0.0420. The fourth-order valence-corrected chi connectivity index (χ4v) is 3.62. The summed E-state index contributed by atoms with van der Waals surface area (Å²) in [6.45, 7) is 0.593. The fraction of sp³-hybridized carbons (Fsp3) is 0.143. The summed E-state index contributed by atoms with van der Waals surface area (Å²) in [6.07, 6.45) is -2.40. The number of aromatic nitrogens is 4. The van der Waals surface area contributed by atoms with E-state index < -0.39 is 11.9 Å². The maximum Gasteiger partial charge on any atom is 0.434 e. The number of alkyl halides is 3. The number of benzene rings is 1. The van der Waals surface area contributed by atoms with E-state index in [0.717, 1.165) is 6.20 Å². The zero-order valence-electron chi connectivity index (χ0n) is 17.2. The molecule has 0 atom stereocenters. The molecule has 0 bridgehead atoms. The lowest BCUT2D eigenvalue weighted by molar-refractivity contribution is -0.140. The van der Waals surface area contributed by atoms with Crippen LogP contribution in [0.15, 0.2) is 42.7 Å². The molecule has 0 saturated heterocycles. The molecule has 0 aliphatic heterocycles. The SMILES string of the molecule is N#Cc1cnc(NCCNc2nc(-c3ccc(Cl)cc3Cl)cc3nc(C(F)(F)F)cn23)cc1N. The summed E-state index contributed by atoms with van der Waals surface area (Å²) in [7, 11) is 0. The Morgan fingerprint density at radius 1 is 1.09 bits per heavy atom. The summed E-state index contributed by atoms with van der Waals surface area (Å²) in [5.74, 6) is 0.579. The van der Waals surface area contributed by atoms with Gasteiger partial charge in [-0.15, -0.1) is 0 Å². The normalized spacial score (nSPS) is 11.4. The summed E-state index contributed by atoms with van der Waals surface area (Å²) in [5, 5.41) is 15.6. The van der Waals surface area contributed by atoms with E-state index in [1.807, 2.05) is 6.07 Å². The maximum absolute atomic E-state index is 13.3. The van der Waals surface area contributed by atoms with Gasteiger partial charge >= 0.3 is 6.18 Å². The monoisotopic (exact) mass is 506 g/mol. The quantitative estimate of drug-likeness (QED) is 0.311. The van der Waals surface area contributed by atoms with Gasteiger partial charge in [-0.05, 0) is 18.2 Å². The van der Waals surface area contributed by atoms with Crippen LogP contribution in [0, 0.1) is 11.3 Å². The van der Waals surface area contributed by atoms with E-state index in [1.165, 1.54) is 28.8 Å². The van der Waals surface area contributed by atoms with E-state index in [9.17, 15) is 13.2 Å². The number of hydrogen-bond acceptors (Lipinski definition) is 7. The van der Waals surface area contributed by atoms with E-state index >= 15 is 0 Å². The first-order chi connectivity index (χ1) is 16.2. The molecule has 0 radical (unpaired) electrons. The molecule has 0 spiro atoms. The average Bonchev–Trinajstić information content (AvgIpc) is 3.22. The smallest absolute Gasteiger partial charge is 0.398 e. The Morgan fingerprint density at radius 3 is 2.53 bits per heavy atom. The molecule has 0 fully saturated rings. The summed E-state index contributed by atoms with van der Waals surface area (Å²) in [4.78, 5) is 12.2. The van der Waals surface area contributed by atoms with E-state index in [1.54, 1.807) is 12.1 Å². The van der Waals surface area contributed by atoms with E-state index in [0.29, 0.717) is 33.7 Å². The highest BCUT2D eigenvalue weighted by Gasteiger charge is 2.34. The highest BCUT2D eigenvalue weighted by molar-refractivity contribution is 6.36. The molecule has 4 aromatic rings. The Hall–Kier alpha value is -3.75. The van der Waals surface area contributed by atoms with Crippen molar-refractivity contribution in [3.05, 3.63) is 64.0 Å². The molecule has 174 valence electrons. The number of hydrogen-bond donors (Lipinski definition) is 3. The predicted molar refractivity (Wildman–Crippen MR) is 124 cm³/mol. The fourth-order valence-electron chi connectivity index (χ4n) is 3.11. The van der Waals surface area contributed by atoms with Gasteiger partial charge in [-0.2, -0.15) is 18.4 Å². The third-order valence-electron chi connectivity index (χ3n) is 4.72. The van der Waals surface area contributed by atoms with Gasteiger partial charge in [-0.3, -0.25) is 4.40 Å². The number of nitrogens with two attached hydrogens (primary N) is 1. The first kappa shape index (κ1) is 23.4. The van der Waals surface area contributed by atoms with Gasteiger partial charge in [0, 0.05) is 48.2 Å². The van der Waals surface area contributed by atoms with Gasteiger partial charge in [0.1, 0.15) is 17.5 Å². The third kappa shape index (κ3) is 4.93. The van der Waals surface area contributed by atoms with Crippen molar-refractivity contribution in [1.29, 1.82) is 5.26 Å². The average molecular weight is 507 g/mol. The van der Waals surface area contributed by atoms with Crippen molar-refractivity contribution >= 4 is 46.3 Å². The molecular weight excluding hydrogens is 492 g/mol. The van der Waals surface area contributed by atoms with Crippen molar-refractivity contribution in [3.63, 3.8) is 0 Å². The topological polar surface area (TPSA) is 117 Å². The standard InChI is InChI=1S/C21H15Cl2F3N8/c22-12-1-2-13(14(23)5-12)16-7-19-33-17(21(24,25)26)10-34(19)20(32-16)30-4-3-29-18-6-15(28)11(8-27)9-31-18/h1-2,5-7,9-10H,3-4H2,(H,30,32)(H3,28,29,31). The van der Waals surface area contributed by atoms with Gasteiger partial charge in [-0.25, -0.2) is 15.0 Å². The molecule has 0 aliphatic carbocycles. The first-order valence-electron chi connectivity index (χ1n) is 9.72. The van der Waals surface area contributed by atoms with Crippen LogP contribution in [0.25, 0.3) is 16.9 Å². The van der Waals surface area contributed by atoms with Crippen LogP contribution in [0.5, 0.6) is 0 Å². The van der Waals surface area contributed by atoms with Crippen molar-refractivity contribution in [1.82, 2.24) is 19.4 Å². The van der Waals surface area contributed by atoms with E-state index in [2.05, 4.69) is 25.6 Å². The molecular formula is C21H15Cl2F3N8. The third-order valence-corrected chi connectivity index (χ3v) is 5.27. The predicted octanol–water partition coefficient (Wildman–Crippen LogP) is 5.09. The summed E-state index contributed by atoms with van der Waals surface area (Å²) >= 11 is 12.2. The second-order valence-corrected chi connectivity index (χ2v) is 7.91. The van der Waals surface area contributed by atoms with Crippen LogP contribution in [0.4, 0.5) is 30.6 Å². The van der Waals surface area contributed by atoms with Crippen LogP contribution in [0.3, 0.4) is 0 Å². The number of fused-ring (bicyclic) bond motifs is 1. The summed E-state index contributed by atoms with van der Waals surface area (Å²) in [6, 6.07) is 9.61. The van der Waals surface area contributed by atoms with Crippen LogP contribution in [-0.2, 0) is 6.18 Å². The Morgan fingerprint density at radius 2 is 1.85 bits per heavy atom. The van der Waals surface area contributed by atoms with Crippen molar-refractivity contribution in [2.75, 3.05) is 29.5 Å². The number of nitrogens with one attached hydrogen (secondary N) is 2. The Labute approximate surface area is 201 Å². The highest BCUT2D eigenvalue weighted by atomic mass is 35.5. The lowest BCUT2D eigenvalue weighted by Crippen LogP contribution is -2.17. The zero-order valence-corrected chi connectivity index (χ0v) is 18.7. The van der Waals surface area contributed by atoms with Crippen LogP contribution >= 0.6 is 23.2 Å². The van der Waals surface area contributed by atoms with E-state index in [4.69, 9.17) is 34.2 Å². The van der Waals surface area contributed by atoms with Crippen LogP contribution < -0.4 is 16.4 Å². The second kappa shape index (κ2) is 9.24. The molecule has 0 saturated carbocycles.